The van der Waals surface area contributed by atoms with E-state index in [1.807, 2.05) is 55.5 Å². The SMILES string of the molecule is CCCOc1ccc(NC(=S)Nc2ccc(OCC)cc2)cc1. The molecule has 122 valence electrons. The smallest absolute Gasteiger partial charge is 0.175 e. The van der Waals surface area contributed by atoms with E-state index < -0.39 is 0 Å². The third-order valence-electron chi connectivity index (χ3n) is 3.01. The number of benzene rings is 2. The number of ether oxygens (including phenoxy) is 2. The van der Waals surface area contributed by atoms with Crippen LogP contribution in [-0.2, 0) is 0 Å². The van der Waals surface area contributed by atoms with Gasteiger partial charge in [0.2, 0.25) is 0 Å². The van der Waals surface area contributed by atoms with Crippen molar-refractivity contribution in [1.29, 1.82) is 0 Å². The molecule has 0 bridgehead atoms. The molecule has 0 aliphatic carbocycles. The first-order chi connectivity index (χ1) is 11.2. The Labute approximate surface area is 142 Å². The van der Waals surface area contributed by atoms with Crippen LogP contribution in [0.25, 0.3) is 0 Å². The number of hydrogen-bond acceptors (Lipinski definition) is 3. The van der Waals surface area contributed by atoms with Crippen LogP contribution in [0.5, 0.6) is 11.5 Å². The minimum Gasteiger partial charge on any atom is -0.494 e. The quantitative estimate of drug-likeness (QED) is 0.721. The van der Waals surface area contributed by atoms with E-state index in [0.717, 1.165) is 35.9 Å². The number of thiocarbonyl (C=S) groups is 1. The molecule has 5 heteroatoms. The van der Waals surface area contributed by atoms with Crippen molar-refractivity contribution in [3.63, 3.8) is 0 Å². The molecule has 0 atom stereocenters. The average molecular weight is 330 g/mol. The maximum Gasteiger partial charge on any atom is 0.175 e. The summed E-state index contributed by atoms with van der Waals surface area (Å²) >= 11 is 5.32. The van der Waals surface area contributed by atoms with Gasteiger partial charge in [-0.05, 0) is 74.1 Å². The fraction of sp³-hybridized carbons (Fsp3) is 0.278. The van der Waals surface area contributed by atoms with E-state index in [0.29, 0.717) is 11.7 Å². The van der Waals surface area contributed by atoms with E-state index in [2.05, 4.69) is 17.6 Å². The Bertz CT molecular complexity index is 612. The molecular formula is C18H22N2O2S. The molecule has 0 spiro atoms. The standard InChI is InChI=1S/C18H22N2O2S/c1-3-13-22-17-11-7-15(8-12-17)20-18(23)19-14-5-9-16(10-6-14)21-4-2/h5-12H,3-4,13H2,1-2H3,(H2,19,20,23). The van der Waals surface area contributed by atoms with Crippen LogP contribution in [-0.4, -0.2) is 18.3 Å². The lowest BCUT2D eigenvalue weighted by Gasteiger charge is -2.12. The fourth-order valence-corrected chi connectivity index (χ4v) is 2.18. The lowest BCUT2D eigenvalue weighted by molar-refractivity contribution is 0.317. The van der Waals surface area contributed by atoms with Crippen LogP contribution in [0.2, 0.25) is 0 Å². The first-order valence-corrected chi connectivity index (χ1v) is 8.15. The average Bonchev–Trinajstić information content (AvgIpc) is 2.56. The Morgan fingerprint density at radius 3 is 1.74 bits per heavy atom. The van der Waals surface area contributed by atoms with Crippen molar-refractivity contribution < 1.29 is 9.47 Å². The predicted molar refractivity (Wildman–Crippen MR) is 99.7 cm³/mol. The molecule has 0 radical (unpaired) electrons. The second-order valence-corrected chi connectivity index (χ2v) is 5.32. The molecule has 2 N–H and O–H groups in total. The minimum atomic E-state index is 0.538. The summed E-state index contributed by atoms with van der Waals surface area (Å²) in [6, 6.07) is 15.4. The molecule has 0 heterocycles. The zero-order valence-electron chi connectivity index (χ0n) is 13.5. The molecule has 0 amide bonds. The zero-order chi connectivity index (χ0) is 16.5. The third kappa shape index (κ3) is 5.79. The lowest BCUT2D eigenvalue weighted by atomic mass is 10.3. The van der Waals surface area contributed by atoms with Crippen LogP contribution < -0.4 is 20.1 Å². The highest BCUT2D eigenvalue weighted by atomic mass is 32.1. The van der Waals surface area contributed by atoms with Gasteiger partial charge in [-0.25, -0.2) is 0 Å². The molecule has 4 nitrogen and oxygen atoms in total. The Morgan fingerprint density at radius 1 is 0.826 bits per heavy atom. The van der Waals surface area contributed by atoms with E-state index in [1.165, 1.54) is 0 Å². The summed E-state index contributed by atoms with van der Waals surface area (Å²) in [7, 11) is 0. The molecule has 0 aliphatic rings. The monoisotopic (exact) mass is 330 g/mol. The van der Waals surface area contributed by atoms with Crippen LogP contribution in [0, 0.1) is 0 Å². The van der Waals surface area contributed by atoms with Crippen LogP contribution in [0.15, 0.2) is 48.5 Å². The molecule has 0 saturated carbocycles. The van der Waals surface area contributed by atoms with Gasteiger partial charge >= 0.3 is 0 Å². The molecule has 0 saturated heterocycles. The number of anilines is 2. The Kier molecular flexibility index (Phi) is 6.69. The molecule has 0 fully saturated rings. The highest BCUT2D eigenvalue weighted by Gasteiger charge is 2.00. The van der Waals surface area contributed by atoms with Gasteiger partial charge in [-0.3, -0.25) is 0 Å². The largest absolute Gasteiger partial charge is 0.494 e. The maximum atomic E-state index is 5.55. The van der Waals surface area contributed by atoms with Crippen molar-refractivity contribution >= 4 is 28.7 Å². The first-order valence-electron chi connectivity index (χ1n) is 7.75. The molecule has 23 heavy (non-hydrogen) atoms. The maximum absolute atomic E-state index is 5.55. The molecule has 2 rings (SSSR count). The van der Waals surface area contributed by atoms with Crippen molar-refractivity contribution in [2.75, 3.05) is 23.8 Å². The molecule has 0 aromatic heterocycles. The summed E-state index contributed by atoms with van der Waals surface area (Å²) in [5, 5.41) is 6.83. The molecular weight excluding hydrogens is 308 g/mol. The fourth-order valence-electron chi connectivity index (χ4n) is 1.95. The van der Waals surface area contributed by atoms with E-state index in [1.54, 1.807) is 0 Å². The Hall–Kier alpha value is -2.27. The van der Waals surface area contributed by atoms with Gasteiger partial charge in [-0.1, -0.05) is 6.92 Å². The van der Waals surface area contributed by atoms with E-state index >= 15 is 0 Å². The lowest BCUT2D eigenvalue weighted by Crippen LogP contribution is -2.18. The van der Waals surface area contributed by atoms with Crippen LogP contribution in [0.3, 0.4) is 0 Å². The molecule has 2 aromatic rings. The summed E-state index contributed by atoms with van der Waals surface area (Å²) in [6.07, 6.45) is 0.996. The van der Waals surface area contributed by atoms with Crippen LogP contribution >= 0.6 is 12.2 Å². The van der Waals surface area contributed by atoms with Crippen LogP contribution in [0.4, 0.5) is 11.4 Å². The van der Waals surface area contributed by atoms with Gasteiger partial charge < -0.3 is 20.1 Å². The van der Waals surface area contributed by atoms with E-state index in [9.17, 15) is 0 Å². The molecule has 0 aliphatic heterocycles. The number of nitrogens with one attached hydrogen (secondary N) is 2. The van der Waals surface area contributed by atoms with E-state index in [-0.39, 0.29) is 0 Å². The van der Waals surface area contributed by atoms with Crippen molar-refractivity contribution in [2.45, 2.75) is 20.3 Å². The van der Waals surface area contributed by atoms with Crippen molar-refractivity contribution in [1.82, 2.24) is 0 Å². The second kappa shape index (κ2) is 9.00. The minimum absolute atomic E-state index is 0.538. The van der Waals surface area contributed by atoms with Crippen molar-refractivity contribution in [3.8, 4) is 11.5 Å². The van der Waals surface area contributed by atoms with Gasteiger partial charge in [-0.2, -0.15) is 0 Å². The third-order valence-corrected chi connectivity index (χ3v) is 3.21. The van der Waals surface area contributed by atoms with Crippen molar-refractivity contribution in [2.24, 2.45) is 0 Å². The summed E-state index contributed by atoms with van der Waals surface area (Å²) in [4.78, 5) is 0. The second-order valence-electron chi connectivity index (χ2n) is 4.91. The zero-order valence-corrected chi connectivity index (χ0v) is 14.3. The summed E-state index contributed by atoms with van der Waals surface area (Å²) in [5.41, 5.74) is 1.83. The van der Waals surface area contributed by atoms with Gasteiger partial charge in [0, 0.05) is 11.4 Å². The summed E-state index contributed by atoms with van der Waals surface area (Å²) in [5.74, 6) is 1.71. The first kappa shape index (κ1) is 17.1. The molecule has 2 aromatic carbocycles. The highest BCUT2D eigenvalue weighted by Crippen LogP contribution is 2.18. The Morgan fingerprint density at radius 2 is 1.30 bits per heavy atom. The van der Waals surface area contributed by atoms with Crippen LogP contribution in [0.1, 0.15) is 20.3 Å². The Balaban J connectivity index is 1.86. The van der Waals surface area contributed by atoms with Gasteiger partial charge in [-0.15, -0.1) is 0 Å². The molecule has 0 unspecified atom stereocenters. The number of hydrogen-bond donors (Lipinski definition) is 2. The predicted octanol–water partition coefficient (Wildman–Crippen LogP) is 4.68. The van der Waals surface area contributed by atoms with Crippen molar-refractivity contribution in [3.05, 3.63) is 48.5 Å². The summed E-state index contributed by atoms with van der Waals surface area (Å²) in [6.45, 7) is 5.43. The van der Waals surface area contributed by atoms with Gasteiger partial charge in [0.25, 0.3) is 0 Å². The number of rotatable bonds is 7. The normalized spacial score (nSPS) is 10.0. The van der Waals surface area contributed by atoms with Gasteiger partial charge in [0.05, 0.1) is 13.2 Å². The van der Waals surface area contributed by atoms with E-state index in [4.69, 9.17) is 21.7 Å². The van der Waals surface area contributed by atoms with Gasteiger partial charge in [0.15, 0.2) is 5.11 Å². The van der Waals surface area contributed by atoms with Gasteiger partial charge in [0.1, 0.15) is 11.5 Å². The highest BCUT2D eigenvalue weighted by molar-refractivity contribution is 7.80. The summed E-state index contributed by atoms with van der Waals surface area (Å²) < 4.78 is 11.0. The topological polar surface area (TPSA) is 42.5 Å².